The number of benzene rings is 3. The summed E-state index contributed by atoms with van der Waals surface area (Å²) in [5.41, 5.74) is 5.82. The molecule has 11 nitrogen and oxygen atoms in total. The van der Waals surface area contributed by atoms with Crippen LogP contribution in [-0.2, 0) is 53.3 Å². The molecule has 55 heavy (non-hydrogen) atoms. The molecular weight excluding hydrogens is 697 g/mol. The zero-order valence-corrected chi connectivity index (χ0v) is 31.4. The molecule has 3 saturated heterocycles. The fourth-order valence-electron chi connectivity index (χ4n) is 9.22. The van der Waals surface area contributed by atoms with Crippen molar-refractivity contribution in [3.8, 4) is 0 Å². The summed E-state index contributed by atoms with van der Waals surface area (Å²) in [5.74, 6) is -2.60. The van der Waals surface area contributed by atoms with Crippen LogP contribution in [0.4, 0.5) is 0 Å². The standard InChI is InChI=1S/C44H54N4O7/c49-42(50)38(33-10-13-45-22-33)18-28-4-1-6-30(16-28)25-48(26-31-7-2-5-29(17-31)19-39(43(51)52)34-11-14-46-23-34)27-36-21-37-32(8-3-9-41(37)55-36)20-40(44(53)54)35-12-15-47-24-35/h1-9,16-17,21,33-35,38-40,45-47H,10-15,18-20,22-27H2,(H,49,50)(H,51,52)(H,53,54)/t33-,34-,35-,38?,39?,40?/m0/s1. The maximum Gasteiger partial charge on any atom is 0.307 e. The van der Waals surface area contributed by atoms with Crippen LogP contribution in [0.15, 0.2) is 77.2 Å². The number of nitrogens with one attached hydrogen (secondary N) is 3. The molecule has 292 valence electrons. The van der Waals surface area contributed by atoms with E-state index in [0.717, 1.165) is 96.5 Å². The normalized spacial score (nSPS) is 21.6. The second-order valence-corrected chi connectivity index (χ2v) is 16.0. The molecule has 6 N–H and O–H groups in total. The van der Waals surface area contributed by atoms with Crippen molar-refractivity contribution in [2.24, 2.45) is 35.5 Å². The molecule has 3 aromatic carbocycles. The Morgan fingerprint density at radius 2 is 1.05 bits per heavy atom. The van der Waals surface area contributed by atoms with Crippen molar-refractivity contribution in [3.05, 3.63) is 106 Å². The van der Waals surface area contributed by atoms with Crippen molar-refractivity contribution >= 4 is 28.9 Å². The fraction of sp³-hybridized carbons (Fsp3) is 0.477. The van der Waals surface area contributed by atoms with Gasteiger partial charge in [0.1, 0.15) is 11.3 Å². The highest BCUT2D eigenvalue weighted by molar-refractivity contribution is 5.83. The highest BCUT2D eigenvalue weighted by Crippen LogP contribution is 2.31. The first-order valence-electron chi connectivity index (χ1n) is 19.9. The predicted octanol–water partition coefficient (Wildman–Crippen LogP) is 5.19. The third-order valence-electron chi connectivity index (χ3n) is 12.2. The van der Waals surface area contributed by atoms with Gasteiger partial charge in [0.05, 0.1) is 24.3 Å². The highest BCUT2D eigenvalue weighted by Gasteiger charge is 2.33. The average Bonchev–Trinajstić information content (AvgIpc) is 4.01. The van der Waals surface area contributed by atoms with Crippen LogP contribution in [-0.4, -0.2) is 77.4 Å². The molecule has 0 spiro atoms. The van der Waals surface area contributed by atoms with E-state index >= 15 is 0 Å². The van der Waals surface area contributed by atoms with Crippen molar-refractivity contribution < 1.29 is 34.1 Å². The molecule has 0 radical (unpaired) electrons. The van der Waals surface area contributed by atoms with Gasteiger partial charge in [0.2, 0.25) is 0 Å². The van der Waals surface area contributed by atoms with Gasteiger partial charge < -0.3 is 35.7 Å². The van der Waals surface area contributed by atoms with Gasteiger partial charge in [0.25, 0.3) is 0 Å². The van der Waals surface area contributed by atoms with Gasteiger partial charge in [-0.2, -0.15) is 0 Å². The molecular formula is C44H54N4O7. The zero-order chi connectivity index (χ0) is 38.3. The van der Waals surface area contributed by atoms with Gasteiger partial charge in [-0.15, -0.1) is 0 Å². The summed E-state index contributed by atoms with van der Waals surface area (Å²) in [6.45, 7) is 6.33. The van der Waals surface area contributed by atoms with Gasteiger partial charge in [-0.1, -0.05) is 60.7 Å². The number of hydrogen-bond acceptors (Lipinski definition) is 8. The van der Waals surface area contributed by atoms with E-state index in [2.05, 4.69) is 51.2 Å². The molecule has 4 aromatic rings. The van der Waals surface area contributed by atoms with Crippen LogP contribution in [0.5, 0.6) is 0 Å². The number of aliphatic carboxylic acids is 3. The molecule has 3 aliphatic rings. The number of furan rings is 1. The summed E-state index contributed by atoms with van der Waals surface area (Å²) in [5, 5.41) is 41.2. The molecule has 1 aromatic heterocycles. The molecule has 3 aliphatic heterocycles. The lowest BCUT2D eigenvalue weighted by molar-refractivity contribution is -0.144. The van der Waals surface area contributed by atoms with E-state index in [9.17, 15) is 29.7 Å². The third-order valence-corrected chi connectivity index (χ3v) is 12.2. The summed E-state index contributed by atoms with van der Waals surface area (Å²) >= 11 is 0. The van der Waals surface area contributed by atoms with Crippen LogP contribution in [0.2, 0.25) is 0 Å². The minimum Gasteiger partial charge on any atom is -0.481 e. The molecule has 0 bridgehead atoms. The lowest BCUT2D eigenvalue weighted by atomic mass is 9.85. The smallest absolute Gasteiger partial charge is 0.307 e. The molecule has 11 heteroatoms. The van der Waals surface area contributed by atoms with Gasteiger partial charge in [-0.25, -0.2) is 0 Å². The quantitative estimate of drug-likeness (QED) is 0.0793. The zero-order valence-electron chi connectivity index (χ0n) is 31.4. The van der Waals surface area contributed by atoms with Crippen LogP contribution in [0.3, 0.4) is 0 Å². The number of hydrogen-bond donors (Lipinski definition) is 6. The van der Waals surface area contributed by atoms with Crippen molar-refractivity contribution in [1.82, 2.24) is 20.9 Å². The summed E-state index contributed by atoms with van der Waals surface area (Å²) in [4.78, 5) is 39.3. The van der Waals surface area contributed by atoms with Crippen LogP contribution < -0.4 is 16.0 Å². The molecule has 0 aliphatic carbocycles. The number of rotatable bonds is 18. The molecule has 0 saturated carbocycles. The van der Waals surface area contributed by atoms with Gasteiger partial charge in [-0.05, 0) is 135 Å². The second-order valence-electron chi connectivity index (χ2n) is 16.0. The fourth-order valence-corrected chi connectivity index (χ4v) is 9.22. The Labute approximate surface area is 322 Å². The van der Waals surface area contributed by atoms with Gasteiger partial charge in [0, 0.05) is 18.5 Å². The first-order valence-corrected chi connectivity index (χ1v) is 19.9. The van der Waals surface area contributed by atoms with E-state index in [4.69, 9.17) is 4.42 Å². The van der Waals surface area contributed by atoms with Crippen LogP contribution in [0.25, 0.3) is 11.0 Å². The molecule has 4 heterocycles. The summed E-state index contributed by atoms with van der Waals surface area (Å²) in [7, 11) is 0. The molecule has 3 fully saturated rings. The number of carboxylic acids is 3. The lowest BCUT2D eigenvalue weighted by Gasteiger charge is -2.23. The molecule has 3 unspecified atom stereocenters. The monoisotopic (exact) mass is 750 g/mol. The minimum atomic E-state index is -0.769. The first kappa shape index (κ1) is 38.7. The molecule has 7 rings (SSSR count). The maximum atomic E-state index is 12.4. The highest BCUT2D eigenvalue weighted by atomic mass is 16.4. The average molecular weight is 751 g/mol. The predicted molar refractivity (Wildman–Crippen MR) is 209 cm³/mol. The van der Waals surface area contributed by atoms with Crippen LogP contribution in [0, 0.1) is 35.5 Å². The van der Waals surface area contributed by atoms with E-state index in [1.165, 1.54) is 0 Å². The summed E-state index contributed by atoms with van der Waals surface area (Å²) < 4.78 is 6.46. The summed E-state index contributed by atoms with van der Waals surface area (Å²) in [6.07, 6.45) is 3.96. The largest absolute Gasteiger partial charge is 0.481 e. The molecule has 0 amide bonds. The number of nitrogens with zero attached hydrogens (tertiary/aromatic N) is 1. The van der Waals surface area contributed by atoms with E-state index in [1.807, 2.05) is 42.5 Å². The number of carboxylic acid groups (broad SMARTS) is 3. The van der Waals surface area contributed by atoms with Gasteiger partial charge in [-0.3, -0.25) is 19.3 Å². The Balaban J connectivity index is 1.14. The van der Waals surface area contributed by atoms with Gasteiger partial charge in [0.15, 0.2) is 0 Å². The minimum absolute atomic E-state index is 0.0855. The lowest BCUT2D eigenvalue weighted by Crippen LogP contribution is -2.27. The Bertz CT molecular complexity index is 1860. The Hall–Kier alpha value is -4.55. The van der Waals surface area contributed by atoms with E-state index in [1.54, 1.807) is 0 Å². The SMILES string of the molecule is O=C(O)C(Cc1cccc(CN(Cc2cccc(CC(C(=O)O)[C@H]3CCNC3)c2)Cc2cc3c(CC(C(=O)O)[C@H]4CCNC4)cccc3o2)c1)[C@H]1CCNC1. The van der Waals surface area contributed by atoms with Gasteiger partial charge >= 0.3 is 17.9 Å². The van der Waals surface area contributed by atoms with Crippen molar-refractivity contribution in [2.45, 2.75) is 58.2 Å². The maximum absolute atomic E-state index is 12.4. The van der Waals surface area contributed by atoms with Crippen molar-refractivity contribution in [1.29, 1.82) is 0 Å². The van der Waals surface area contributed by atoms with E-state index in [-0.39, 0.29) is 17.8 Å². The van der Waals surface area contributed by atoms with Crippen molar-refractivity contribution in [2.75, 3.05) is 39.3 Å². The number of fused-ring (bicyclic) bond motifs is 1. The van der Waals surface area contributed by atoms with E-state index in [0.29, 0.717) is 45.4 Å². The topological polar surface area (TPSA) is 164 Å². The molecule has 6 atom stereocenters. The van der Waals surface area contributed by atoms with Crippen molar-refractivity contribution in [3.63, 3.8) is 0 Å². The first-order chi connectivity index (χ1) is 26.7. The Kier molecular flexibility index (Phi) is 12.6. The number of carbonyl (C=O) groups is 3. The van der Waals surface area contributed by atoms with E-state index < -0.39 is 35.7 Å². The summed E-state index contributed by atoms with van der Waals surface area (Å²) in [6, 6.07) is 24.4. The Morgan fingerprint density at radius 1 is 0.600 bits per heavy atom. The van der Waals surface area contributed by atoms with Crippen LogP contribution >= 0.6 is 0 Å². The third kappa shape index (κ3) is 9.83. The van der Waals surface area contributed by atoms with Crippen LogP contribution in [0.1, 0.15) is 52.8 Å². The Morgan fingerprint density at radius 3 is 1.51 bits per heavy atom. The second kappa shape index (κ2) is 17.9.